The topological polar surface area (TPSA) is 79.4 Å². The number of nitrogens with zero attached hydrogens (tertiary/aromatic N) is 3. The van der Waals surface area contributed by atoms with Crippen LogP contribution >= 0.6 is 11.6 Å². The Balaban J connectivity index is 1.28. The summed E-state index contributed by atoms with van der Waals surface area (Å²) in [5.74, 6) is -0.0971. The number of likely N-dealkylation sites (tertiary alicyclic amines) is 2. The Kier molecular flexibility index (Phi) is 9.14. The van der Waals surface area contributed by atoms with Gasteiger partial charge in [-0.25, -0.2) is 9.18 Å². The van der Waals surface area contributed by atoms with Gasteiger partial charge in [-0.3, -0.25) is 9.59 Å². The Morgan fingerprint density at radius 3 is 2.22 bits per heavy atom. The standard InChI is InChI=1S/C31H37ClFN3O5/c1-3-36(31(39)41-25-12-10-24(33)11-13-25)27-19-35(18-26(27)20-6-8-23(32)9-7-20)29(37)22-14-16-34(17-15-22)30(38)28(40-2)21-4-5-21/h6-13,21-22,26-28H,3-5,14-19H2,1-2H3/t26-,27+,28?/m0/s1. The van der Waals surface area contributed by atoms with Crippen LogP contribution in [-0.2, 0) is 14.3 Å². The fourth-order valence-corrected chi connectivity index (χ4v) is 6.29. The number of carbonyl (C=O) groups excluding carboxylic acids is 3. The fraction of sp³-hybridized carbons (Fsp3) is 0.516. The first-order valence-corrected chi connectivity index (χ1v) is 14.8. The van der Waals surface area contributed by atoms with Crippen molar-refractivity contribution in [3.8, 4) is 5.75 Å². The smallest absolute Gasteiger partial charge is 0.410 e. The average Bonchev–Trinajstić information content (AvgIpc) is 3.73. The van der Waals surface area contributed by atoms with E-state index in [-0.39, 0.29) is 41.5 Å². The van der Waals surface area contributed by atoms with Crippen molar-refractivity contribution in [1.29, 1.82) is 0 Å². The molecule has 1 unspecified atom stereocenters. The molecule has 2 aromatic rings. The number of amides is 3. The zero-order chi connectivity index (χ0) is 29.1. The first kappa shape index (κ1) is 29.3. The molecule has 0 N–H and O–H groups in total. The number of ether oxygens (including phenoxy) is 2. The lowest BCUT2D eigenvalue weighted by Gasteiger charge is -2.35. The van der Waals surface area contributed by atoms with Crippen molar-refractivity contribution in [3.63, 3.8) is 0 Å². The van der Waals surface area contributed by atoms with Gasteiger partial charge in [0.05, 0.1) is 6.04 Å². The number of halogens is 2. The van der Waals surface area contributed by atoms with Gasteiger partial charge in [-0.05, 0) is 80.5 Å². The Hall–Kier alpha value is -3.17. The van der Waals surface area contributed by atoms with Crippen LogP contribution in [0.1, 0.15) is 44.1 Å². The molecule has 2 aromatic carbocycles. The summed E-state index contributed by atoms with van der Waals surface area (Å²) >= 11 is 6.15. The molecule has 0 aromatic heterocycles. The van der Waals surface area contributed by atoms with Crippen LogP contribution in [0.5, 0.6) is 5.75 Å². The lowest BCUT2D eigenvalue weighted by atomic mass is 9.93. The van der Waals surface area contributed by atoms with Crippen LogP contribution in [0.4, 0.5) is 9.18 Å². The lowest BCUT2D eigenvalue weighted by Crippen LogP contribution is -2.48. The van der Waals surface area contributed by atoms with Gasteiger partial charge in [0.15, 0.2) is 0 Å². The van der Waals surface area contributed by atoms with E-state index in [2.05, 4.69) is 0 Å². The van der Waals surface area contributed by atoms with Gasteiger partial charge in [0.1, 0.15) is 17.7 Å². The average molecular weight is 586 g/mol. The maximum absolute atomic E-state index is 13.8. The largest absolute Gasteiger partial charge is 0.415 e. The molecular weight excluding hydrogens is 549 g/mol. The number of hydrogen-bond acceptors (Lipinski definition) is 5. The first-order chi connectivity index (χ1) is 19.8. The van der Waals surface area contributed by atoms with E-state index in [1.807, 2.05) is 41.0 Å². The van der Waals surface area contributed by atoms with Gasteiger partial charge in [-0.15, -0.1) is 0 Å². The number of benzene rings is 2. The van der Waals surface area contributed by atoms with E-state index in [0.29, 0.717) is 56.5 Å². The van der Waals surface area contributed by atoms with Crippen molar-refractivity contribution in [2.45, 2.75) is 50.7 Å². The Labute approximate surface area is 245 Å². The molecule has 3 atom stereocenters. The van der Waals surface area contributed by atoms with Gasteiger partial charge in [-0.2, -0.15) is 0 Å². The lowest BCUT2D eigenvalue weighted by molar-refractivity contribution is -0.147. The Morgan fingerprint density at radius 1 is 0.976 bits per heavy atom. The molecule has 2 heterocycles. The minimum atomic E-state index is -0.549. The van der Waals surface area contributed by atoms with Crippen molar-refractivity contribution >= 4 is 29.5 Å². The summed E-state index contributed by atoms with van der Waals surface area (Å²) in [7, 11) is 1.59. The molecule has 1 saturated carbocycles. The minimum absolute atomic E-state index is 0.0307. The van der Waals surface area contributed by atoms with Crippen LogP contribution < -0.4 is 4.74 Å². The number of likely N-dealkylation sites (N-methyl/N-ethyl adjacent to an activating group) is 1. The van der Waals surface area contributed by atoms with Crippen LogP contribution in [0.15, 0.2) is 48.5 Å². The van der Waals surface area contributed by atoms with Crippen molar-refractivity contribution in [2.75, 3.05) is 39.8 Å². The highest BCUT2D eigenvalue weighted by Gasteiger charge is 2.44. The van der Waals surface area contributed by atoms with Gasteiger partial charge in [0, 0.05) is 56.7 Å². The molecule has 0 spiro atoms. The predicted octanol–water partition coefficient (Wildman–Crippen LogP) is 4.96. The zero-order valence-corrected chi connectivity index (χ0v) is 24.3. The van der Waals surface area contributed by atoms with E-state index in [9.17, 15) is 18.8 Å². The van der Waals surface area contributed by atoms with E-state index in [0.717, 1.165) is 18.4 Å². The molecule has 0 radical (unpaired) electrons. The number of hydrogen-bond donors (Lipinski definition) is 0. The molecular formula is C31H37ClFN3O5. The highest BCUT2D eigenvalue weighted by atomic mass is 35.5. The van der Waals surface area contributed by atoms with Gasteiger partial charge in [0.25, 0.3) is 5.91 Å². The van der Waals surface area contributed by atoms with Crippen LogP contribution in [0.3, 0.4) is 0 Å². The summed E-state index contributed by atoms with van der Waals surface area (Å²) in [5, 5.41) is 0.609. The van der Waals surface area contributed by atoms with Crippen molar-refractivity contribution in [2.24, 2.45) is 11.8 Å². The third kappa shape index (κ3) is 6.67. The van der Waals surface area contributed by atoms with Crippen molar-refractivity contribution in [3.05, 3.63) is 64.9 Å². The van der Waals surface area contributed by atoms with Crippen LogP contribution in [-0.4, -0.2) is 84.6 Å². The van der Waals surface area contributed by atoms with E-state index in [1.54, 1.807) is 12.0 Å². The first-order valence-electron chi connectivity index (χ1n) is 14.4. The third-order valence-corrected chi connectivity index (χ3v) is 8.85. The Morgan fingerprint density at radius 2 is 1.63 bits per heavy atom. The second kappa shape index (κ2) is 12.8. The van der Waals surface area contributed by atoms with E-state index in [4.69, 9.17) is 21.1 Å². The second-order valence-electron chi connectivity index (χ2n) is 11.2. The molecule has 2 aliphatic heterocycles. The maximum atomic E-state index is 13.8. The summed E-state index contributed by atoms with van der Waals surface area (Å²) in [6.45, 7) is 4.13. The zero-order valence-electron chi connectivity index (χ0n) is 23.5. The van der Waals surface area contributed by atoms with Crippen LogP contribution in [0.2, 0.25) is 5.02 Å². The quantitative estimate of drug-likeness (QED) is 0.438. The van der Waals surface area contributed by atoms with Gasteiger partial charge in [-0.1, -0.05) is 23.7 Å². The monoisotopic (exact) mass is 585 g/mol. The minimum Gasteiger partial charge on any atom is -0.410 e. The molecule has 41 heavy (non-hydrogen) atoms. The molecule has 220 valence electrons. The SMILES string of the molecule is CCN(C(=O)Oc1ccc(F)cc1)[C@@H]1CN(C(=O)C2CCN(C(=O)C(OC)C3CC3)CC2)C[C@H]1c1ccc(Cl)cc1. The van der Waals surface area contributed by atoms with E-state index < -0.39 is 11.9 Å². The highest BCUT2D eigenvalue weighted by Crippen LogP contribution is 2.37. The summed E-state index contributed by atoms with van der Waals surface area (Å²) in [6.07, 6.45) is 2.32. The molecule has 8 nitrogen and oxygen atoms in total. The van der Waals surface area contributed by atoms with Crippen molar-refractivity contribution in [1.82, 2.24) is 14.7 Å². The molecule has 3 amide bonds. The highest BCUT2D eigenvalue weighted by molar-refractivity contribution is 6.30. The summed E-state index contributed by atoms with van der Waals surface area (Å²) in [5.41, 5.74) is 0.980. The van der Waals surface area contributed by atoms with Crippen LogP contribution in [0.25, 0.3) is 0 Å². The fourth-order valence-electron chi connectivity index (χ4n) is 6.16. The third-order valence-electron chi connectivity index (χ3n) is 8.60. The summed E-state index contributed by atoms with van der Waals surface area (Å²) in [4.78, 5) is 45.3. The number of piperidine rings is 1. The molecule has 3 aliphatic rings. The van der Waals surface area contributed by atoms with E-state index in [1.165, 1.54) is 24.3 Å². The normalized spacial score (nSPS) is 22.0. The van der Waals surface area contributed by atoms with Gasteiger partial charge < -0.3 is 24.2 Å². The molecule has 5 rings (SSSR count). The second-order valence-corrected chi connectivity index (χ2v) is 11.6. The van der Waals surface area contributed by atoms with Gasteiger partial charge >= 0.3 is 6.09 Å². The van der Waals surface area contributed by atoms with Crippen molar-refractivity contribution < 1.29 is 28.2 Å². The number of rotatable bonds is 8. The van der Waals surface area contributed by atoms with Gasteiger partial charge in [0.2, 0.25) is 5.91 Å². The number of methoxy groups -OCH3 is 1. The summed E-state index contributed by atoms with van der Waals surface area (Å²) < 4.78 is 24.4. The number of carbonyl (C=O) groups is 3. The molecule has 10 heteroatoms. The molecule has 3 fully saturated rings. The Bertz CT molecular complexity index is 1230. The molecule has 1 aliphatic carbocycles. The summed E-state index contributed by atoms with van der Waals surface area (Å²) in [6, 6.07) is 12.5. The maximum Gasteiger partial charge on any atom is 0.415 e. The van der Waals surface area contributed by atoms with Crippen LogP contribution in [0, 0.1) is 17.7 Å². The molecule has 0 bridgehead atoms. The molecule has 2 saturated heterocycles. The predicted molar refractivity (Wildman–Crippen MR) is 152 cm³/mol. The van der Waals surface area contributed by atoms with E-state index >= 15 is 0 Å².